The summed E-state index contributed by atoms with van der Waals surface area (Å²) in [5.74, 6) is 0.692. The molecule has 4 aromatic carbocycles. The maximum atomic E-state index is 14.7. The molecule has 6 heteroatoms. The van der Waals surface area contributed by atoms with Crippen molar-refractivity contribution >= 4 is 28.4 Å². The minimum Gasteiger partial charge on any atom is -0.497 e. The van der Waals surface area contributed by atoms with Gasteiger partial charge in [-0.3, -0.25) is 14.6 Å². The van der Waals surface area contributed by atoms with E-state index in [4.69, 9.17) is 4.74 Å². The summed E-state index contributed by atoms with van der Waals surface area (Å²) in [5.41, 5.74) is 4.30. The molecule has 1 heterocycles. The highest BCUT2D eigenvalue weighted by Gasteiger charge is 2.39. The largest absolute Gasteiger partial charge is 0.497 e. The Morgan fingerprint density at radius 1 is 0.727 bits per heavy atom. The number of carbonyl (C=O) groups excluding carboxylic acids is 2. The first-order valence-corrected chi connectivity index (χ1v) is 15.1. The van der Waals surface area contributed by atoms with Crippen LogP contribution in [0.1, 0.15) is 40.9 Å². The number of nitrogens with one attached hydrogen (secondary N) is 1. The summed E-state index contributed by atoms with van der Waals surface area (Å²) in [6.07, 6.45) is 3.23. The number of benzene rings is 4. The lowest BCUT2D eigenvalue weighted by atomic mass is 9.71. The highest BCUT2D eigenvalue weighted by Crippen LogP contribution is 2.35. The quantitative estimate of drug-likeness (QED) is 0.166. The Morgan fingerprint density at radius 2 is 1.32 bits per heavy atom. The summed E-state index contributed by atoms with van der Waals surface area (Å²) in [6.45, 7) is 5.28. The van der Waals surface area contributed by atoms with Crippen molar-refractivity contribution in [2.75, 3.05) is 25.5 Å². The third-order valence-electron chi connectivity index (χ3n) is 8.24. The maximum absolute atomic E-state index is 14.7. The Kier molecular flexibility index (Phi) is 9.70. The first-order chi connectivity index (χ1) is 21.4. The van der Waals surface area contributed by atoms with Crippen molar-refractivity contribution in [3.8, 4) is 5.75 Å². The number of carbonyl (C=O) groups is 2. The van der Waals surface area contributed by atoms with E-state index in [-0.39, 0.29) is 11.8 Å². The van der Waals surface area contributed by atoms with Crippen LogP contribution in [0.2, 0.25) is 0 Å². The number of hydrogen-bond donors (Lipinski definition) is 1. The van der Waals surface area contributed by atoms with Gasteiger partial charge < -0.3 is 15.0 Å². The minimum atomic E-state index is -0.864. The Bertz CT molecular complexity index is 1690. The topological polar surface area (TPSA) is 71.5 Å². The SMILES string of the molecule is CCN(CC)C(=O)c1ccc(CC(Cc2ccccc2)(Cc2ccc(OC)cc2)C(=O)Nc2cccc3cccnc23)cc1. The van der Waals surface area contributed by atoms with Crippen LogP contribution in [0, 0.1) is 5.41 Å². The Hall–Kier alpha value is -4.97. The van der Waals surface area contributed by atoms with Gasteiger partial charge in [-0.25, -0.2) is 0 Å². The minimum absolute atomic E-state index is 0.0107. The van der Waals surface area contributed by atoms with E-state index >= 15 is 0 Å². The number of rotatable bonds is 12. The molecule has 0 aliphatic heterocycles. The second-order valence-corrected chi connectivity index (χ2v) is 11.2. The Labute approximate surface area is 259 Å². The highest BCUT2D eigenvalue weighted by molar-refractivity contribution is 6.03. The van der Waals surface area contributed by atoms with E-state index in [9.17, 15) is 9.59 Å². The molecule has 0 bridgehead atoms. The lowest BCUT2D eigenvalue weighted by Gasteiger charge is -2.34. The van der Waals surface area contributed by atoms with Gasteiger partial charge in [-0.05, 0) is 86.2 Å². The lowest BCUT2D eigenvalue weighted by molar-refractivity contribution is -0.125. The zero-order valence-electron chi connectivity index (χ0n) is 25.6. The van der Waals surface area contributed by atoms with Crippen LogP contribution in [0.25, 0.3) is 10.9 Å². The first-order valence-electron chi connectivity index (χ1n) is 15.1. The number of ether oxygens (including phenoxy) is 1. The second-order valence-electron chi connectivity index (χ2n) is 11.2. The van der Waals surface area contributed by atoms with Crippen LogP contribution in [0.3, 0.4) is 0 Å². The zero-order valence-corrected chi connectivity index (χ0v) is 25.6. The number of hydrogen-bond acceptors (Lipinski definition) is 4. The van der Waals surface area contributed by atoms with Crippen molar-refractivity contribution in [1.29, 1.82) is 0 Å². The zero-order chi connectivity index (χ0) is 30.9. The molecular formula is C38H39N3O3. The summed E-state index contributed by atoms with van der Waals surface area (Å²) in [6, 6.07) is 35.5. The van der Waals surface area contributed by atoms with E-state index in [0.29, 0.717) is 43.6 Å². The van der Waals surface area contributed by atoms with Gasteiger partial charge >= 0.3 is 0 Å². The van der Waals surface area contributed by atoms with Gasteiger partial charge in [0.1, 0.15) is 5.75 Å². The number of anilines is 1. The fraction of sp³-hybridized carbons (Fsp3) is 0.237. The molecule has 0 aliphatic carbocycles. The van der Waals surface area contributed by atoms with Crippen molar-refractivity contribution < 1.29 is 14.3 Å². The predicted octanol–water partition coefficient (Wildman–Crippen LogP) is 7.38. The number of nitrogens with zero attached hydrogens (tertiary/aromatic N) is 2. The molecule has 6 nitrogen and oxygen atoms in total. The smallest absolute Gasteiger partial charge is 0.253 e. The molecule has 0 radical (unpaired) electrons. The van der Waals surface area contributed by atoms with Crippen molar-refractivity contribution in [3.63, 3.8) is 0 Å². The standard InChI is InChI=1S/C38H39N3O3/c1-4-41(5-2)36(42)32-20-16-29(17-21-32)26-38(25-28-11-7-6-8-12-28,27-30-18-22-33(44-3)23-19-30)37(43)40-34-15-9-13-31-14-10-24-39-35(31)34/h6-24H,4-5,25-27H2,1-3H3,(H,40,43). The number of pyridine rings is 1. The third-order valence-corrected chi connectivity index (χ3v) is 8.24. The average Bonchev–Trinajstić information content (AvgIpc) is 3.06. The molecular weight excluding hydrogens is 546 g/mol. The van der Waals surface area contributed by atoms with E-state index < -0.39 is 5.41 Å². The van der Waals surface area contributed by atoms with Gasteiger partial charge in [0.25, 0.3) is 5.91 Å². The third kappa shape index (κ3) is 6.97. The molecule has 0 saturated carbocycles. The first kappa shape index (κ1) is 30.5. The van der Waals surface area contributed by atoms with Crippen LogP contribution in [-0.2, 0) is 24.1 Å². The van der Waals surface area contributed by atoms with Gasteiger partial charge in [0.05, 0.1) is 23.7 Å². The molecule has 5 aromatic rings. The van der Waals surface area contributed by atoms with Gasteiger partial charge in [-0.1, -0.05) is 72.8 Å². The molecule has 0 fully saturated rings. The maximum Gasteiger partial charge on any atom is 0.253 e. The number of fused-ring (bicyclic) bond motifs is 1. The fourth-order valence-electron chi connectivity index (χ4n) is 5.86. The molecule has 224 valence electrons. The fourth-order valence-corrected chi connectivity index (χ4v) is 5.86. The molecule has 1 atom stereocenters. The number of methoxy groups -OCH3 is 1. The van der Waals surface area contributed by atoms with Crippen molar-refractivity contribution in [1.82, 2.24) is 9.88 Å². The van der Waals surface area contributed by atoms with E-state index in [1.165, 1.54) is 0 Å². The lowest BCUT2D eigenvalue weighted by Crippen LogP contribution is -2.42. The van der Waals surface area contributed by atoms with Crippen molar-refractivity contribution in [2.24, 2.45) is 5.41 Å². The normalized spacial score (nSPS) is 12.3. The molecule has 0 aliphatic rings. The Balaban J connectivity index is 1.57. The Morgan fingerprint density at radius 3 is 1.93 bits per heavy atom. The number of para-hydroxylation sites is 1. The van der Waals surface area contributed by atoms with Crippen LogP contribution in [0.4, 0.5) is 5.69 Å². The summed E-state index contributed by atoms with van der Waals surface area (Å²) in [7, 11) is 1.65. The van der Waals surface area contributed by atoms with Crippen LogP contribution in [0.5, 0.6) is 5.75 Å². The average molecular weight is 586 g/mol. The van der Waals surface area contributed by atoms with Gasteiger partial charge in [-0.2, -0.15) is 0 Å². The summed E-state index contributed by atoms with van der Waals surface area (Å²) in [5, 5.41) is 4.24. The van der Waals surface area contributed by atoms with E-state index in [2.05, 4.69) is 22.4 Å². The summed E-state index contributed by atoms with van der Waals surface area (Å²) < 4.78 is 5.40. The molecule has 1 unspecified atom stereocenters. The summed E-state index contributed by atoms with van der Waals surface area (Å²) in [4.78, 5) is 34.1. The van der Waals surface area contributed by atoms with E-state index in [1.807, 2.05) is 116 Å². The van der Waals surface area contributed by atoms with Gasteiger partial charge in [0.2, 0.25) is 5.91 Å². The molecule has 1 aromatic heterocycles. The van der Waals surface area contributed by atoms with Gasteiger partial charge in [0.15, 0.2) is 0 Å². The van der Waals surface area contributed by atoms with Crippen LogP contribution in [-0.4, -0.2) is 41.9 Å². The highest BCUT2D eigenvalue weighted by atomic mass is 16.5. The van der Waals surface area contributed by atoms with Crippen molar-refractivity contribution in [3.05, 3.63) is 138 Å². The monoisotopic (exact) mass is 585 g/mol. The van der Waals surface area contributed by atoms with Crippen molar-refractivity contribution in [2.45, 2.75) is 33.1 Å². The molecule has 1 N–H and O–H groups in total. The van der Waals surface area contributed by atoms with E-state index in [0.717, 1.165) is 33.3 Å². The molecule has 2 amide bonds. The van der Waals surface area contributed by atoms with Crippen LogP contribution < -0.4 is 10.1 Å². The molecule has 0 spiro atoms. The number of aromatic nitrogens is 1. The number of amides is 2. The van der Waals surface area contributed by atoms with Gasteiger partial charge in [0, 0.05) is 30.2 Å². The molecule has 44 heavy (non-hydrogen) atoms. The van der Waals surface area contributed by atoms with E-state index in [1.54, 1.807) is 13.3 Å². The molecule has 0 saturated heterocycles. The summed E-state index contributed by atoms with van der Waals surface area (Å²) >= 11 is 0. The van der Waals surface area contributed by atoms with Crippen LogP contribution >= 0.6 is 0 Å². The molecule has 5 rings (SSSR count). The second kappa shape index (κ2) is 14.0. The van der Waals surface area contributed by atoms with Gasteiger partial charge in [-0.15, -0.1) is 0 Å². The predicted molar refractivity (Wildman–Crippen MR) is 177 cm³/mol. The van der Waals surface area contributed by atoms with Crippen LogP contribution in [0.15, 0.2) is 115 Å².